The SMILES string of the molecule is CCc1ccccc1NC(=O)CCc1ccc(S(=O)(=O)NC)cc1. The smallest absolute Gasteiger partial charge is 0.240 e. The summed E-state index contributed by atoms with van der Waals surface area (Å²) in [5.41, 5.74) is 2.87. The van der Waals surface area contributed by atoms with Gasteiger partial charge in [-0.25, -0.2) is 13.1 Å². The van der Waals surface area contributed by atoms with Crippen LogP contribution in [0.15, 0.2) is 53.4 Å². The third-order valence-corrected chi connectivity index (χ3v) is 5.25. The number of benzene rings is 2. The minimum Gasteiger partial charge on any atom is -0.326 e. The van der Waals surface area contributed by atoms with E-state index in [4.69, 9.17) is 0 Å². The highest BCUT2D eigenvalue weighted by atomic mass is 32.2. The van der Waals surface area contributed by atoms with Gasteiger partial charge in [0.2, 0.25) is 15.9 Å². The highest BCUT2D eigenvalue weighted by Crippen LogP contribution is 2.16. The molecule has 24 heavy (non-hydrogen) atoms. The summed E-state index contributed by atoms with van der Waals surface area (Å²) >= 11 is 0. The molecule has 6 heteroatoms. The Labute approximate surface area is 143 Å². The normalized spacial score (nSPS) is 11.2. The zero-order valence-electron chi connectivity index (χ0n) is 13.9. The van der Waals surface area contributed by atoms with Gasteiger partial charge in [0.15, 0.2) is 0 Å². The van der Waals surface area contributed by atoms with Crippen molar-refractivity contribution in [3.8, 4) is 0 Å². The summed E-state index contributed by atoms with van der Waals surface area (Å²) in [6.07, 6.45) is 1.76. The molecule has 0 aromatic heterocycles. The van der Waals surface area contributed by atoms with E-state index in [0.29, 0.717) is 12.8 Å². The van der Waals surface area contributed by atoms with E-state index in [2.05, 4.69) is 10.0 Å². The molecule has 0 unspecified atom stereocenters. The summed E-state index contributed by atoms with van der Waals surface area (Å²) in [6, 6.07) is 14.3. The van der Waals surface area contributed by atoms with Gasteiger partial charge in [-0.05, 0) is 49.2 Å². The molecule has 0 spiro atoms. The highest BCUT2D eigenvalue weighted by Gasteiger charge is 2.11. The third-order valence-electron chi connectivity index (χ3n) is 3.82. The number of para-hydroxylation sites is 1. The maximum atomic E-state index is 12.1. The Balaban J connectivity index is 1.94. The van der Waals surface area contributed by atoms with Gasteiger partial charge >= 0.3 is 0 Å². The second kappa shape index (κ2) is 8.08. The molecule has 2 aromatic rings. The number of sulfonamides is 1. The standard InChI is InChI=1S/C18H22N2O3S/c1-3-15-6-4-5-7-17(15)20-18(21)13-10-14-8-11-16(12-9-14)24(22,23)19-2/h4-9,11-12,19H,3,10,13H2,1-2H3,(H,20,21). The summed E-state index contributed by atoms with van der Waals surface area (Å²) in [5, 5.41) is 2.93. The molecule has 0 aliphatic heterocycles. The number of carbonyl (C=O) groups is 1. The molecule has 0 heterocycles. The van der Waals surface area contributed by atoms with Gasteiger partial charge in [-0.2, -0.15) is 0 Å². The van der Waals surface area contributed by atoms with Crippen LogP contribution in [-0.2, 0) is 27.7 Å². The average molecular weight is 346 g/mol. The minimum atomic E-state index is -3.42. The Hall–Kier alpha value is -2.18. The molecule has 0 atom stereocenters. The van der Waals surface area contributed by atoms with Crippen molar-refractivity contribution in [3.05, 3.63) is 59.7 Å². The van der Waals surface area contributed by atoms with Gasteiger partial charge in [0, 0.05) is 12.1 Å². The average Bonchev–Trinajstić information content (AvgIpc) is 2.61. The van der Waals surface area contributed by atoms with Crippen molar-refractivity contribution < 1.29 is 13.2 Å². The number of nitrogens with one attached hydrogen (secondary N) is 2. The summed E-state index contributed by atoms with van der Waals surface area (Å²) in [5.74, 6) is -0.0529. The van der Waals surface area contributed by atoms with Crippen LogP contribution in [0.5, 0.6) is 0 Å². The van der Waals surface area contributed by atoms with Crippen LogP contribution in [0.1, 0.15) is 24.5 Å². The molecule has 5 nitrogen and oxygen atoms in total. The molecule has 0 aliphatic carbocycles. The molecule has 2 rings (SSSR count). The summed E-state index contributed by atoms with van der Waals surface area (Å²) in [7, 11) is -2.05. The van der Waals surface area contributed by atoms with E-state index in [-0.39, 0.29) is 10.8 Å². The zero-order chi connectivity index (χ0) is 17.6. The van der Waals surface area contributed by atoms with Crippen LogP contribution in [0.25, 0.3) is 0 Å². The van der Waals surface area contributed by atoms with E-state index in [1.165, 1.54) is 7.05 Å². The first-order valence-corrected chi connectivity index (χ1v) is 9.35. The summed E-state index contributed by atoms with van der Waals surface area (Å²) in [4.78, 5) is 12.3. The van der Waals surface area contributed by atoms with E-state index in [1.54, 1.807) is 24.3 Å². The summed E-state index contributed by atoms with van der Waals surface area (Å²) in [6.45, 7) is 2.05. The largest absolute Gasteiger partial charge is 0.326 e. The Kier molecular flexibility index (Phi) is 6.11. The van der Waals surface area contributed by atoms with Gasteiger partial charge in [-0.3, -0.25) is 4.79 Å². The Morgan fingerprint density at radius 2 is 1.71 bits per heavy atom. The number of hydrogen-bond acceptors (Lipinski definition) is 3. The molecule has 0 radical (unpaired) electrons. The predicted molar refractivity (Wildman–Crippen MR) is 95.5 cm³/mol. The highest BCUT2D eigenvalue weighted by molar-refractivity contribution is 7.89. The first-order valence-electron chi connectivity index (χ1n) is 7.86. The van der Waals surface area contributed by atoms with E-state index >= 15 is 0 Å². The fourth-order valence-corrected chi connectivity index (χ4v) is 3.10. The topological polar surface area (TPSA) is 75.3 Å². The van der Waals surface area contributed by atoms with Crippen molar-refractivity contribution in [2.75, 3.05) is 12.4 Å². The number of carbonyl (C=O) groups excluding carboxylic acids is 1. The van der Waals surface area contributed by atoms with Crippen LogP contribution in [0, 0.1) is 0 Å². The maximum absolute atomic E-state index is 12.1. The fraction of sp³-hybridized carbons (Fsp3) is 0.278. The lowest BCUT2D eigenvalue weighted by atomic mass is 10.1. The lowest BCUT2D eigenvalue weighted by Crippen LogP contribution is -2.18. The van der Waals surface area contributed by atoms with Crippen molar-refractivity contribution in [3.63, 3.8) is 0 Å². The minimum absolute atomic E-state index is 0.0529. The number of anilines is 1. The maximum Gasteiger partial charge on any atom is 0.240 e. The molecule has 0 saturated carbocycles. The molecule has 0 fully saturated rings. The van der Waals surface area contributed by atoms with Crippen molar-refractivity contribution in [2.45, 2.75) is 31.1 Å². The van der Waals surface area contributed by atoms with E-state index in [1.807, 2.05) is 31.2 Å². The second-order valence-electron chi connectivity index (χ2n) is 5.41. The predicted octanol–water partition coefficient (Wildman–Crippen LogP) is 2.73. The molecule has 0 saturated heterocycles. The van der Waals surface area contributed by atoms with E-state index in [9.17, 15) is 13.2 Å². The van der Waals surface area contributed by atoms with Crippen molar-refractivity contribution >= 4 is 21.6 Å². The van der Waals surface area contributed by atoms with Crippen molar-refractivity contribution in [2.24, 2.45) is 0 Å². The first-order chi connectivity index (χ1) is 11.5. The Bertz CT molecular complexity index is 799. The van der Waals surface area contributed by atoms with Gasteiger partial charge in [-0.15, -0.1) is 0 Å². The fourth-order valence-electron chi connectivity index (χ4n) is 2.37. The zero-order valence-corrected chi connectivity index (χ0v) is 14.7. The van der Waals surface area contributed by atoms with Gasteiger partial charge < -0.3 is 5.32 Å². The Morgan fingerprint density at radius 3 is 2.33 bits per heavy atom. The first kappa shape index (κ1) is 18.2. The number of rotatable bonds is 7. The van der Waals surface area contributed by atoms with Crippen molar-refractivity contribution in [1.82, 2.24) is 4.72 Å². The summed E-state index contributed by atoms with van der Waals surface area (Å²) < 4.78 is 25.6. The molecular weight excluding hydrogens is 324 g/mol. The molecule has 128 valence electrons. The molecule has 2 aromatic carbocycles. The van der Waals surface area contributed by atoms with Crippen LogP contribution < -0.4 is 10.0 Å². The van der Waals surface area contributed by atoms with Gasteiger partial charge in [-0.1, -0.05) is 37.3 Å². The van der Waals surface area contributed by atoms with Crippen LogP contribution in [0.2, 0.25) is 0 Å². The quantitative estimate of drug-likeness (QED) is 0.809. The molecule has 0 bridgehead atoms. The third kappa shape index (κ3) is 4.66. The lowest BCUT2D eigenvalue weighted by Gasteiger charge is -2.10. The lowest BCUT2D eigenvalue weighted by molar-refractivity contribution is -0.116. The van der Waals surface area contributed by atoms with Gasteiger partial charge in [0.1, 0.15) is 0 Å². The monoisotopic (exact) mass is 346 g/mol. The molecule has 2 N–H and O–H groups in total. The van der Waals surface area contributed by atoms with E-state index < -0.39 is 10.0 Å². The van der Waals surface area contributed by atoms with E-state index in [0.717, 1.165) is 23.2 Å². The second-order valence-corrected chi connectivity index (χ2v) is 7.30. The van der Waals surface area contributed by atoms with Crippen LogP contribution in [0.4, 0.5) is 5.69 Å². The number of amides is 1. The number of hydrogen-bond donors (Lipinski definition) is 2. The van der Waals surface area contributed by atoms with Gasteiger partial charge in [0.25, 0.3) is 0 Å². The molecule has 0 aliphatic rings. The van der Waals surface area contributed by atoms with Gasteiger partial charge in [0.05, 0.1) is 4.90 Å². The molecular formula is C18H22N2O3S. The van der Waals surface area contributed by atoms with Crippen LogP contribution >= 0.6 is 0 Å². The number of aryl methyl sites for hydroxylation is 2. The van der Waals surface area contributed by atoms with Crippen molar-refractivity contribution in [1.29, 1.82) is 0 Å². The molecule has 1 amide bonds. The Morgan fingerprint density at radius 1 is 1.04 bits per heavy atom. The van der Waals surface area contributed by atoms with Crippen LogP contribution in [0.3, 0.4) is 0 Å². The van der Waals surface area contributed by atoms with Crippen LogP contribution in [-0.4, -0.2) is 21.4 Å².